The molecule has 28 heavy (non-hydrogen) atoms. The van der Waals surface area contributed by atoms with Gasteiger partial charge in [-0.2, -0.15) is 5.11 Å². The summed E-state index contributed by atoms with van der Waals surface area (Å²) < 4.78 is 0. The third-order valence-corrected chi connectivity index (χ3v) is 3.85. The van der Waals surface area contributed by atoms with Gasteiger partial charge in [-0.15, -0.1) is 5.11 Å². The number of carbonyl (C=O) groups is 1. The number of amides is 1. The molecule has 3 rings (SSSR count). The molecule has 0 radical (unpaired) electrons. The van der Waals surface area contributed by atoms with Crippen molar-refractivity contribution in [2.75, 3.05) is 23.8 Å². The van der Waals surface area contributed by atoms with Crippen LogP contribution in [0.5, 0.6) is 0 Å². The summed E-state index contributed by atoms with van der Waals surface area (Å²) in [5.74, 6) is -0.199. The number of benzene rings is 2. The van der Waals surface area contributed by atoms with E-state index in [2.05, 4.69) is 25.8 Å². The van der Waals surface area contributed by atoms with Gasteiger partial charge in [0.25, 0.3) is 0 Å². The molecule has 3 N–H and O–H groups in total. The number of azo groups is 1. The Bertz CT molecular complexity index is 956. The van der Waals surface area contributed by atoms with Crippen molar-refractivity contribution < 1.29 is 9.90 Å². The second-order valence-electron chi connectivity index (χ2n) is 6.03. The van der Waals surface area contributed by atoms with E-state index in [1.54, 1.807) is 18.3 Å². The van der Waals surface area contributed by atoms with Crippen molar-refractivity contribution in [3.63, 3.8) is 0 Å². The summed E-state index contributed by atoms with van der Waals surface area (Å²) in [6.07, 6.45) is 1.76. The number of nitrogens with zero attached hydrogens (tertiary/aromatic N) is 3. The molecule has 0 saturated carbocycles. The standard InChI is InChI=1S/C21H21N5O2/c1-15(28)24-21-14-18(22-12-13-27)9-10-20(21)26-25-17-7-5-16(6-8-17)19-4-2-3-11-23-19/h2-11,14,22,27H,12-13H2,1H3,(H,24,28). The van der Waals surface area contributed by atoms with Crippen molar-refractivity contribution in [2.24, 2.45) is 10.2 Å². The Morgan fingerprint density at radius 1 is 1.07 bits per heavy atom. The predicted octanol–water partition coefficient (Wildman–Crippen LogP) is 4.53. The second-order valence-corrected chi connectivity index (χ2v) is 6.03. The van der Waals surface area contributed by atoms with Gasteiger partial charge in [-0.05, 0) is 42.5 Å². The van der Waals surface area contributed by atoms with E-state index >= 15 is 0 Å². The molecule has 0 spiro atoms. The quantitative estimate of drug-likeness (QED) is 0.528. The summed E-state index contributed by atoms with van der Waals surface area (Å²) >= 11 is 0. The Balaban J connectivity index is 1.79. The Labute approximate surface area is 163 Å². The molecule has 2 aromatic carbocycles. The van der Waals surface area contributed by atoms with Gasteiger partial charge in [-0.1, -0.05) is 18.2 Å². The van der Waals surface area contributed by atoms with Crippen molar-refractivity contribution >= 4 is 28.7 Å². The van der Waals surface area contributed by atoms with Crippen LogP contribution in [0.15, 0.2) is 77.1 Å². The van der Waals surface area contributed by atoms with Crippen LogP contribution >= 0.6 is 0 Å². The first-order valence-electron chi connectivity index (χ1n) is 8.85. The number of aromatic nitrogens is 1. The van der Waals surface area contributed by atoms with Crippen molar-refractivity contribution in [1.82, 2.24) is 4.98 Å². The van der Waals surface area contributed by atoms with Crippen LogP contribution in [-0.4, -0.2) is 29.1 Å². The van der Waals surface area contributed by atoms with Gasteiger partial charge in [0.15, 0.2) is 0 Å². The van der Waals surface area contributed by atoms with Gasteiger partial charge in [0.2, 0.25) is 5.91 Å². The van der Waals surface area contributed by atoms with Gasteiger partial charge in [0.05, 0.1) is 23.7 Å². The molecule has 0 unspecified atom stereocenters. The summed E-state index contributed by atoms with van der Waals surface area (Å²) in [6.45, 7) is 1.87. The van der Waals surface area contributed by atoms with Crippen LogP contribution in [-0.2, 0) is 4.79 Å². The Morgan fingerprint density at radius 3 is 2.57 bits per heavy atom. The highest BCUT2D eigenvalue weighted by atomic mass is 16.3. The van der Waals surface area contributed by atoms with E-state index in [0.29, 0.717) is 23.6 Å². The van der Waals surface area contributed by atoms with Gasteiger partial charge in [-0.25, -0.2) is 0 Å². The van der Waals surface area contributed by atoms with Crippen LogP contribution in [0.1, 0.15) is 6.92 Å². The molecule has 1 heterocycles. The lowest BCUT2D eigenvalue weighted by molar-refractivity contribution is -0.114. The van der Waals surface area contributed by atoms with Crippen molar-refractivity contribution in [3.05, 3.63) is 66.9 Å². The number of carbonyl (C=O) groups excluding carboxylic acids is 1. The van der Waals surface area contributed by atoms with E-state index in [-0.39, 0.29) is 12.5 Å². The summed E-state index contributed by atoms with van der Waals surface area (Å²) in [5, 5.41) is 23.3. The van der Waals surface area contributed by atoms with E-state index in [1.165, 1.54) is 6.92 Å². The van der Waals surface area contributed by atoms with Gasteiger partial charge in [-0.3, -0.25) is 9.78 Å². The van der Waals surface area contributed by atoms with Crippen LogP contribution < -0.4 is 10.6 Å². The summed E-state index contributed by atoms with van der Waals surface area (Å²) in [6, 6.07) is 18.7. The lowest BCUT2D eigenvalue weighted by atomic mass is 10.1. The molecule has 0 saturated heterocycles. The molecule has 0 fully saturated rings. The molecule has 7 heteroatoms. The summed E-state index contributed by atoms with van der Waals surface area (Å²) in [5.41, 5.74) is 4.44. The molecule has 1 aromatic heterocycles. The third-order valence-electron chi connectivity index (χ3n) is 3.85. The Hall–Kier alpha value is -3.58. The Morgan fingerprint density at radius 2 is 1.89 bits per heavy atom. The first kappa shape index (κ1) is 19.2. The summed E-state index contributed by atoms with van der Waals surface area (Å²) in [7, 11) is 0. The fourth-order valence-electron chi connectivity index (χ4n) is 2.57. The molecule has 0 aliphatic heterocycles. The van der Waals surface area contributed by atoms with E-state index in [9.17, 15) is 4.79 Å². The highest BCUT2D eigenvalue weighted by molar-refractivity contribution is 5.92. The number of aliphatic hydroxyl groups is 1. The molecular formula is C21H21N5O2. The number of aliphatic hydroxyl groups excluding tert-OH is 1. The van der Waals surface area contributed by atoms with Crippen LogP contribution in [0.25, 0.3) is 11.3 Å². The lowest BCUT2D eigenvalue weighted by Crippen LogP contribution is -2.08. The van der Waals surface area contributed by atoms with Gasteiger partial charge in [0, 0.05) is 30.9 Å². The molecule has 142 valence electrons. The van der Waals surface area contributed by atoms with Crippen molar-refractivity contribution in [2.45, 2.75) is 6.92 Å². The molecule has 7 nitrogen and oxygen atoms in total. The van der Waals surface area contributed by atoms with E-state index < -0.39 is 0 Å². The zero-order chi connectivity index (χ0) is 19.8. The van der Waals surface area contributed by atoms with E-state index in [0.717, 1.165) is 16.9 Å². The smallest absolute Gasteiger partial charge is 0.221 e. The SMILES string of the molecule is CC(=O)Nc1cc(NCCO)ccc1N=Nc1ccc(-c2ccccn2)cc1. The molecule has 0 bridgehead atoms. The average Bonchev–Trinajstić information content (AvgIpc) is 2.72. The minimum Gasteiger partial charge on any atom is -0.395 e. The average molecular weight is 375 g/mol. The minimum absolute atomic E-state index is 0.0193. The van der Waals surface area contributed by atoms with Gasteiger partial charge >= 0.3 is 0 Å². The molecule has 0 aliphatic carbocycles. The summed E-state index contributed by atoms with van der Waals surface area (Å²) in [4.78, 5) is 15.8. The zero-order valence-corrected chi connectivity index (χ0v) is 15.5. The van der Waals surface area contributed by atoms with Gasteiger partial charge < -0.3 is 15.7 Å². The number of rotatable bonds is 7. The molecule has 3 aromatic rings. The van der Waals surface area contributed by atoms with Crippen molar-refractivity contribution in [1.29, 1.82) is 0 Å². The molecule has 0 aliphatic rings. The van der Waals surface area contributed by atoms with Crippen molar-refractivity contribution in [3.8, 4) is 11.3 Å². The van der Waals surface area contributed by atoms with Crippen LogP contribution in [0, 0.1) is 0 Å². The number of hydrogen-bond acceptors (Lipinski definition) is 6. The fraction of sp³-hybridized carbons (Fsp3) is 0.143. The highest BCUT2D eigenvalue weighted by Gasteiger charge is 2.06. The van der Waals surface area contributed by atoms with Crippen LogP contribution in [0.2, 0.25) is 0 Å². The Kier molecular flexibility index (Phi) is 6.43. The van der Waals surface area contributed by atoms with E-state index in [4.69, 9.17) is 5.11 Å². The van der Waals surface area contributed by atoms with Gasteiger partial charge in [0.1, 0.15) is 5.69 Å². The fourth-order valence-corrected chi connectivity index (χ4v) is 2.57. The maximum Gasteiger partial charge on any atom is 0.221 e. The second kappa shape index (κ2) is 9.38. The maximum absolute atomic E-state index is 11.5. The lowest BCUT2D eigenvalue weighted by Gasteiger charge is -2.10. The number of pyridine rings is 1. The third kappa shape index (κ3) is 5.21. The molecule has 1 amide bonds. The molecular weight excluding hydrogens is 354 g/mol. The molecule has 0 atom stereocenters. The number of anilines is 2. The largest absolute Gasteiger partial charge is 0.395 e. The van der Waals surface area contributed by atoms with E-state index in [1.807, 2.05) is 48.5 Å². The minimum atomic E-state index is -0.199. The first-order valence-corrected chi connectivity index (χ1v) is 8.85. The van der Waals surface area contributed by atoms with Crippen LogP contribution in [0.4, 0.5) is 22.7 Å². The van der Waals surface area contributed by atoms with Crippen LogP contribution in [0.3, 0.4) is 0 Å². The zero-order valence-electron chi connectivity index (χ0n) is 15.5. The topological polar surface area (TPSA) is 99.0 Å². The monoisotopic (exact) mass is 375 g/mol. The highest BCUT2D eigenvalue weighted by Crippen LogP contribution is 2.30. The normalized spacial score (nSPS) is 10.8. The predicted molar refractivity (Wildman–Crippen MR) is 110 cm³/mol. The number of hydrogen-bond donors (Lipinski definition) is 3. The maximum atomic E-state index is 11.5. The number of nitrogens with one attached hydrogen (secondary N) is 2. The first-order chi connectivity index (χ1) is 13.7.